The van der Waals surface area contributed by atoms with Crippen LogP contribution in [0.15, 0.2) is 59.8 Å². The zero-order chi connectivity index (χ0) is 25.8. The molecule has 1 aliphatic rings. The first-order valence-corrected chi connectivity index (χ1v) is 11.5. The van der Waals surface area contributed by atoms with E-state index in [0.29, 0.717) is 28.1 Å². The van der Waals surface area contributed by atoms with Gasteiger partial charge in [0.1, 0.15) is 6.61 Å². The third-order valence-electron chi connectivity index (χ3n) is 6.01. The first kappa shape index (κ1) is 26.0. The molecule has 1 aliphatic heterocycles. The molecule has 0 spiro atoms. The van der Waals surface area contributed by atoms with Crippen LogP contribution in [-0.2, 0) is 19.7 Å². The first-order valence-electron chi connectivity index (χ1n) is 11.5. The van der Waals surface area contributed by atoms with Crippen LogP contribution in [0.1, 0.15) is 55.2 Å². The van der Waals surface area contributed by atoms with Gasteiger partial charge in [-0.25, -0.2) is 9.59 Å². The predicted molar refractivity (Wildman–Crippen MR) is 134 cm³/mol. The summed E-state index contributed by atoms with van der Waals surface area (Å²) in [5.41, 5.74) is 3.87. The van der Waals surface area contributed by atoms with Gasteiger partial charge in [0.15, 0.2) is 0 Å². The summed E-state index contributed by atoms with van der Waals surface area (Å²) in [7, 11) is 3.12. The molecule has 186 valence electrons. The molecule has 35 heavy (non-hydrogen) atoms. The molecule has 3 amide bonds. The van der Waals surface area contributed by atoms with Crippen molar-refractivity contribution in [3.05, 3.63) is 76.5 Å². The number of nitrogens with zero attached hydrogens (tertiary/aromatic N) is 1. The Hall–Kier alpha value is -3.65. The Balaban J connectivity index is 1.77. The second-order valence-corrected chi connectivity index (χ2v) is 9.47. The molecule has 2 aromatic rings. The van der Waals surface area contributed by atoms with E-state index in [-0.39, 0.29) is 30.6 Å². The largest absolute Gasteiger partial charge is 0.460 e. The van der Waals surface area contributed by atoms with Crippen molar-refractivity contribution in [3.63, 3.8) is 0 Å². The molecule has 2 N–H and O–H groups in total. The molecule has 0 aliphatic carbocycles. The molecule has 0 bridgehead atoms. The summed E-state index contributed by atoms with van der Waals surface area (Å²) in [5.74, 6) is -0.739. The van der Waals surface area contributed by atoms with Crippen molar-refractivity contribution in [3.8, 4) is 0 Å². The van der Waals surface area contributed by atoms with E-state index in [1.54, 1.807) is 38.2 Å². The summed E-state index contributed by atoms with van der Waals surface area (Å²) in [6.45, 7) is 8.46. The Morgan fingerprint density at radius 1 is 1.03 bits per heavy atom. The van der Waals surface area contributed by atoms with Gasteiger partial charge in [0.25, 0.3) is 5.91 Å². The molecule has 0 radical (unpaired) electrons. The van der Waals surface area contributed by atoms with Crippen LogP contribution in [0.5, 0.6) is 0 Å². The van der Waals surface area contributed by atoms with Gasteiger partial charge in [0.05, 0.1) is 18.2 Å². The van der Waals surface area contributed by atoms with Gasteiger partial charge in [-0.2, -0.15) is 0 Å². The summed E-state index contributed by atoms with van der Waals surface area (Å²) in [5, 5.41) is 5.73. The quantitative estimate of drug-likeness (QED) is 0.453. The maximum absolute atomic E-state index is 12.8. The Kier molecular flexibility index (Phi) is 7.96. The number of benzene rings is 2. The summed E-state index contributed by atoms with van der Waals surface area (Å²) in [6, 6.07) is 13.6. The van der Waals surface area contributed by atoms with Gasteiger partial charge >= 0.3 is 12.0 Å². The second-order valence-electron chi connectivity index (χ2n) is 9.47. The molecule has 1 unspecified atom stereocenters. The lowest BCUT2D eigenvalue weighted by atomic mass is 9.87. The maximum Gasteiger partial charge on any atom is 0.338 e. The van der Waals surface area contributed by atoms with E-state index in [4.69, 9.17) is 9.47 Å². The Morgan fingerprint density at radius 2 is 1.66 bits per heavy atom. The number of allylic oxidation sites excluding steroid dienone is 1. The molecule has 0 aromatic heterocycles. The van der Waals surface area contributed by atoms with Crippen molar-refractivity contribution < 1.29 is 23.9 Å². The SMILES string of the molecule is COCCOC(=O)C1=C(C)N(C)C(=O)NC1c1ccc(NC(=O)c2ccc(C(C)(C)C)cc2)cc1. The Morgan fingerprint density at radius 3 is 2.23 bits per heavy atom. The Bertz CT molecular complexity index is 1120. The van der Waals surface area contributed by atoms with Crippen molar-refractivity contribution in [2.45, 2.75) is 39.2 Å². The maximum atomic E-state index is 12.8. The van der Waals surface area contributed by atoms with E-state index in [2.05, 4.69) is 31.4 Å². The lowest BCUT2D eigenvalue weighted by Gasteiger charge is -2.33. The number of hydrogen-bond donors (Lipinski definition) is 2. The molecular weight excluding hydrogens is 446 g/mol. The van der Waals surface area contributed by atoms with E-state index in [9.17, 15) is 14.4 Å². The number of esters is 1. The highest BCUT2D eigenvalue weighted by Crippen LogP contribution is 2.31. The van der Waals surface area contributed by atoms with Gasteiger partial charge in [-0.1, -0.05) is 45.0 Å². The molecule has 1 atom stereocenters. The van der Waals surface area contributed by atoms with Gasteiger partial charge in [0.2, 0.25) is 0 Å². The zero-order valence-electron chi connectivity index (χ0n) is 21.1. The summed E-state index contributed by atoms with van der Waals surface area (Å²) in [6.07, 6.45) is 0. The fourth-order valence-corrected chi connectivity index (χ4v) is 3.73. The van der Waals surface area contributed by atoms with Crippen LogP contribution >= 0.6 is 0 Å². The standard InChI is InChI=1S/C27H33N3O5/c1-17-22(25(32)35-16-15-34-6)23(29-26(33)30(17)5)18-9-13-21(14-10-18)28-24(31)19-7-11-20(12-8-19)27(2,3)4/h7-14,23H,15-16H2,1-6H3,(H,28,31)(H,29,33). The summed E-state index contributed by atoms with van der Waals surface area (Å²) in [4.78, 5) is 39.3. The summed E-state index contributed by atoms with van der Waals surface area (Å²) >= 11 is 0. The van der Waals surface area contributed by atoms with Crippen molar-refractivity contribution >= 4 is 23.6 Å². The number of amides is 3. The minimum Gasteiger partial charge on any atom is -0.460 e. The molecule has 0 fully saturated rings. The number of urea groups is 1. The second kappa shape index (κ2) is 10.7. The van der Waals surface area contributed by atoms with E-state index >= 15 is 0 Å². The number of rotatable bonds is 7. The van der Waals surface area contributed by atoms with Crippen LogP contribution in [0.25, 0.3) is 0 Å². The minimum atomic E-state index is -0.677. The monoisotopic (exact) mass is 479 g/mol. The van der Waals surface area contributed by atoms with Gasteiger partial charge in [0, 0.05) is 31.1 Å². The fraction of sp³-hybridized carbons (Fsp3) is 0.370. The lowest BCUT2D eigenvalue weighted by molar-refractivity contribution is -0.140. The number of ether oxygens (including phenoxy) is 2. The molecule has 3 rings (SSSR count). The van der Waals surface area contributed by atoms with E-state index in [0.717, 1.165) is 5.56 Å². The number of nitrogens with one attached hydrogen (secondary N) is 2. The van der Waals surface area contributed by atoms with Crippen LogP contribution in [0.3, 0.4) is 0 Å². The zero-order valence-corrected chi connectivity index (χ0v) is 21.1. The van der Waals surface area contributed by atoms with E-state index in [1.165, 1.54) is 12.0 Å². The molecule has 8 nitrogen and oxygen atoms in total. The third-order valence-corrected chi connectivity index (χ3v) is 6.01. The number of carbonyl (C=O) groups is 3. The molecular formula is C27H33N3O5. The normalized spacial score (nSPS) is 16.1. The third kappa shape index (κ3) is 6.08. The molecule has 2 aromatic carbocycles. The van der Waals surface area contributed by atoms with Crippen LogP contribution in [0.2, 0.25) is 0 Å². The molecule has 0 saturated carbocycles. The van der Waals surface area contributed by atoms with Crippen molar-refractivity contribution in [2.24, 2.45) is 0 Å². The van der Waals surface area contributed by atoms with Gasteiger partial charge < -0.3 is 25.0 Å². The van der Waals surface area contributed by atoms with Crippen LogP contribution in [0.4, 0.5) is 10.5 Å². The number of carbonyl (C=O) groups excluding carboxylic acids is 3. The van der Waals surface area contributed by atoms with Crippen molar-refractivity contribution in [1.82, 2.24) is 10.2 Å². The average Bonchev–Trinajstić information content (AvgIpc) is 2.82. The van der Waals surface area contributed by atoms with E-state index in [1.807, 2.05) is 24.3 Å². The average molecular weight is 480 g/mol. The highest BCUT2D eigenvalue weighted by molar-refractivity contribution is 6.04. The highest BCUT2D eigenvalue weighted by Gasteiger charge is 2.35. The van der Waals surface area contributed by atoms with Crippen molar-refractivity contribution in [2.75, 3.05) is 32.7 Å². The van der Waals surface area contributed by atoms with Crippen LogP contribution < -0.4 is 10.6 Å². The lowest BCUT2D eigenvalue weighted by Crippen LogP contribution is -2.46. The Labute approximate surface area is 206 Å². The molecule has 0 saturated heterocycles. The van der Waals surface area contributed by atoms with Gasteiger partial charge in [-0.05, 0) is 47.7 Å². The number of anilines is 1. The van der Waals surface area contributed by atoms with Crippen LogP contribution in [-0.4, -0.2) is 50.2 Å². The van der Waals surface area contributed by atoms with Gasteiger partial charge in [-0.3, -0.25) is 4.79 Å². The number of methoxy groups -OCH3 is 1. The van der Waals surface area contributed by atoms with Crippen molar-refractivity contribution in [1.29, 1.82) is 0 Å². The first-order chi connectivity index (χ1) is 16.5. The van der Waals surface area contributed by atoms with Crippen LogP contribution in [0, 0.1) is 0 Å². The fourth-order valence-electron chi connectivity index (χ4n) is 3.73. The predicted octanol–water partition coefficient (Wildman–Crippen LogP) is 4.40. The summed E-state index contributed by atoms with van der Waals surface area (Å²) < 4.78 is 10.3. The highest BCUT2D eigenvalue weighted by atomic mass is 16.6. The molecule has 1 heterocycles. The topological polar surface area (TPSA) is 97.0 Å². The smallest absolute Gasteiger partial charge is 0.338 e. The van der Waals surface area contributed by atoms with Gasteiger partial charge in [-0.15, -0.1) is 0 Å². The molecule has 8 heteroatoms. The number of hydrogen-bond acceptors (Lipinski definition) is 5. The minimum absolute atomic E-state index is 0.00996. The van der Waals surface area contributed by atoms with E-state index < -0.39 is 12.0 Å².